The lowest BCUT2D eigenvalue weighted by atomic mass is 9.80. The summed E-state index contributed by atoms with van der Waals surface area (Å²) in [5.41, 5.74) is 13.2. The van der Waals surface area contributed by atoms with Crippen LogP contribution in [0.2, 0.25) is 0 Å². The van der Waals surface area contributed by atoms with Gasteiger partial charge in [-0.25, -0.2) is 9.63 Å². The molecule has 2 rings (SSSR count). The number of carbonyl (C=O) groups excluding carboxylic acids is 3. The van der Waals surface area contributed by atoms with Crippen LogP contribution in [0.3, 0.4) is 0 Å². The Labute approximate surface area is 307 Å². The number of benzene rings is 2. The molecule has 0 aliphatic heterocycles. The van der Waals surface area contributed by atoms with Crippen LogP contribution in [-0.4, -0.2) is 79.7 Å². The molecule has 0 saturated heterocycles. The van der Waals surface area contributed by atoms with Gasteiger partial charge in [0, 0.05) is 38.6 Å². The molecule has 0 aliphatic carbocycles. The fraction of sp³-hybridized carbons (Fsp3) is 0.605. The predicted octanol–water partition coefficient (Wildman–Crippen LogP) is 4.67. The van der Waals surface area contributed by atoms with E-state index in [0.29, 0.717) is 43.1 Å². The summed E-state index contributed by atoms with van der Waals surface area (Å²) >= 11 is 0. The maximum Gasteiger partial charge on any atom is 0.338 e. The van der Waals surface area contributed by atoms with E-state index >= 15 is 0 Å². The Bertz CT molecular complexity index is 1420. The van der Waals surface area contributed by atoms with Crippen LogP contribution < -0.4 is 26.3 Å². The zero-order valence-corrected chi connectivity index (χ0v) is 31.9. The first-order valence-corrected chi connectivity index (χ1v) is 17.7. The average molecular weight is 733 g/mol. The zero-order chi connectivity index (χ0) is 39.0. The molecule has 2 aromatic carbocycles. The van der Waals surface area contributed by atoms with E-state index in [9.17, 15) is 14.4 Å². The van der Waals surface area contributed by atoms with E-state index in [1.54, 1.807) is 46.3 Å². The number of nitrogens with zero attached hydrogens (tertiary/aromatic N) is 1. The summed E-state index contributed by atoms with van der Waals surface area (Å²) in [5, 5.41) is 20.3. The minimum Gasteiger partial charge on any atom is -0.493 e. The number of methoxy groups -OCH3 is 2. The molecule has 0 saturated carbocycles. The zero-order valence-electron chi connectivity index (χ0n) is 31.9. The van der Waals surface area contributed by atoms with Gasteiger partial charge in [-0.05, 0) is 86.3 Å². The van der Waals surface area contributed by atoms with Crippen molar-refractivity contribution in [1.82, 2.24) is 10.7 Å². The summed E-state index contributed by atoms with van der Waals surface area (Å²) in [4.78, 5) is 43.8. The molecule has 52 heavy (non-hydrogen) atoms. The molecule has 2 amide bonds. The van der Waals surface area contributed by atoms with Gasteiger partial charge >= 0.3 is 5.97 Å². The lowest BCUT2D eigenvalue weighted by Gasteiger charge is -2.33. The minimum absolute atomic E-state index is 0.0459. The molecule has 0 bridgehead atoms. The Morgan fingerprint density at radius 1 is 0.923 bits per heavy atom. The Balaban J connectivity index is 2.38. The number of nitrogens with two attached hydrogens (primary N) is 2. The third-order valence-corrected chi connectivity index (χ3v) is 9.24. The number of primary amides is 1. The van der Waals surface area contributed by atoms with Crippen molar-refractivity contribution in [3.63, 3.8) is 0 Å². The van der Waals surface area contributed by atoms with E-state index in [2.05, 4.69) is 19.2 Å². The van der Waals surface area contributed by atoms with Crippen LogP contribution in [0.5, 0.6) is 11.5 Å². The molecular formula is C38H60N4O10. The Hall–Kier alpha value is -3.79. The highest BCUT2D eigenvalue weighted by molar-refractivity contribution is 5.89. The first-order valence-electron chi connectivity index (χ1n) is 17.7. The largest absolute Gasteiger partial charge is 0.493 e. The molecule has 292 valence electrons. The summed E-state index contributed by atoms with van der Waals surface area (Å²) in [5.74, 6) is -0.733. The quantitative estimate of drug-likeness (QED) is 0.0568. The molecular weight excluding hydrogens is 672 g/mol. The smallest absolute Gasteiger partial charge is 0.338 e. The maximum atomic E-state index is 13.6. The van der Waals surface area contributed by atoms with Gasteiger partial charge < -0.3 is 35.7 Å². The maximum absolute atomic E-state index is 13.6. The predicted molar refractivity (Wildman–Crippen MR) is 194 cm³/mol. The summed E-state index contributed by atoms with van der Waals surface area (Å²) in [6, 6.07) is 11.5. The number of amides is 2. The normalized spacial score (nSPS) is 14.2. The topological polar surface area (TPSA) is 205 Å². The van der Waals surface area contributed by atoms with E-state index in [1.807, 2.05) is 32.0 Å². The van der Waals surface area contributed by atoms with E-state index < -0.39 is 40.7 Å². The van der Waals surface area contributed by atoms with E-state index in [-0.39, 0.29) is 48.8 Å². The fourth-order valence-electron chi connectivity index (χ4n) is 5.64. The average Bonchev–Trinajstić information content (AvgIpc) is 3.09. The monoisotopic (exact) mass is 732 g/mol. The summed E-state index contributed by atoms with van der Waals surface area (Å²) in [6.45, 7) is 12.2. The number of ether oxygens (including phenoxy) is 4. The van der Waals surface area contributed by atoms with Gasteiger partial charge in [0.2, 0.25) is 11.8 Å². The fourth-order valence-corrected chi connectivity index (χ4v) is 5.64. The van der Waals surface area contributed by atoms with Crippen molar-refractivity contribution in [2.45, 2.75) is 86.0 Å². The minimum atomic E-state index is -0.960. The molecule has 2 aromatic rings. The molecule has 4 atom stereocenters. The highest BCUT2D eigenvalue weighted by atomic mass is 17.1. The molecule has 0 fully saturated rings. The second-order valence-corrected chi connectivity index (χ2v) is 14.5. The third-order valence-electron chi connectivity index (χ3n) is 9.24. The van der Waals surface area contributed by atoms with Crippen LogP contribution >= 0.6 is 0 Å². The van der Waals surface area contributed by atoms with Gasteiger partial charge in [-0.15, -0.1) is 0 Å². The second kappa shape index (κ2) is 21.7. The van der Waals surface area contributed by atoms with Crippen LogP contribution in [0, 0.1) is 29.1 Å². The van der Waals surface area contributed by atoms with Gasteiger partial charge in [-0.3, -0.25) is 20.0 Å². The number of carbonyl (C=O) groups is 3. The molecule has 0 aromatic heterocycles. The number of nitrogens with one attached hydrogen (secondary N) is 1. The van der Waals surface area contributed by atoms with Gasteiger partial charge in [0.15, 0.2) is 11.5 Å². The van der Waals surface area contributed by atoms with Crippen LogP contribution in [0.1, 0.15) is 82.3 Å². The van der Waals surface area contributed by atoms with Crippen molar-refractivity contribution in [1.29, 1.82) is 0 Å². The molecule has 14 heteroatoms. The van der Waals surface area contributed by atoms with Crippen molar-refractivity contribution < 1.29 is 48.6 Å². The Kier molecular flexibility index (Phi) is 18.5. The number of rotatable bonds is 24. The van der Waals surface area contributed by atoms with Crippen molar-refractivity contribution in [2.75, 3.05) is 34.0 Å². The SMILES string of the molecule is COCCCOc1cc(CC(CC(N)C(CC(C(=O)NCC(C)(C)C(N)=O)C(C)C)OC(=O)c2cccc(CON(O)O)c2)C(C)C)ccc1OC. The summed E-state index contributed by atoms with van der Waals surface area (Å²) in [6.07, 6.45) is 1.14. The number of esters is 1. The van der Waals surface area contributed by atoms with Crippen LogP contribution in [0.4, 0.5) is 0 Å². The van der Waals surface area contributed by atoms with Gasteiger partial charge in [0.05, 0.1) is 36.7 Å². The van der Waals surface area contributed by atoms with Crippen LogP contribution in [-0.2, 0) is 36.9 Å². The van der Waals surface area contributed by atoms with Crippen LogP contribution in [0.25, 0.3) is 0 Å². The standard InChI is InChI=1S/C38H60N4O10/c1-24(2)29(17-26-13-14-32(49-8)34(19-26)50-16-10-15-48-7)20-31(39)33(21-30(25(3)4)35(43)41-23-38(5,6)37(40)45)52-36(44)28-12-9-11-27(18-28)22-51-42(46)47/h9,11-14,18-19,24-25,29-31,33,46-47H,10,15-17,20-23,39H2,1-8H3,(H2,40,45)(H,41,43). The third kappa shape index (κ3) is 14.7. The van der Waals surface area contributed by atoms with E-state index in [0.717, 1.165) is 12.0 Å². The summed E-state index contributed by atoms with van der Waals surface area (Å²) < 4.78 is 22.8. The number of hydrogen-bond donors (Lipinski definition) is 5. The van der Waals surface area contributed by atoms with Gasteiger partial charge in [0.25, 0.3) is 0 Å². The molecule has 0 spiro atoms. The Morgan fingerprint density at radius 2 is 1.63 bits per heavy atom. The van der Waals surface area contributed by atoms with Crippen LogP contribution in [0.15, 0.2) is 42.5 Å². The first kappa shape index (κ1) is 44.4. The highest BCUT2D eigenvalue weighted by Crippen LogP contribution is 2.32. The van der Waals surface area contributed by atoms with Crippen molar-refractivity contribution in [3.8, 4) is 11.5 Å². The van der Waals surface area contributed by atoms with Gasteiger partial charge in [-0.2, -0.15) is 0 Å². The Morgan fingerprint density at radius 3 is 2.23 bits per heavy atom. The molecule has 0 heterocycles. The highest BCUT2D eigenvalue weighted by Gasteiger charge is 2.35. The lowest BCUT2D eigenvalue weighted by Crippen LogP contribution is -2.47. The molecule has 0 aliphatic rings. The van der Waals surface area contributed by atoms with Gasteiger partial charge in [0.1, 0.15) is 6.10 Å². The van der Waals surface area contributed by atoms with E-state index in [1.165, 1.54) is 6.07 Å². The molecule has 7 N–H and O–H groups in total. The number of hydrogen-bond acceptors (Lipinski definition) is 12. The first-order chi connectivity index (χ1) is 24.5. The molecule has 14 nitrogen and oxygen atoms in total. The van der Waals surface area contributed by atoms with Crippen molar-refractivity contribution in [2.24, 2.45) is 40.6 Å². The van der Waals surface area contributed by atoms with E-state index in [4.69, 9.17) is 45.7 Å². The van der Waals surface area contributed by atoms with Gasteiger partial charge in [-0.1, -0.05) is 45.9 Å². The van der Waals surface area contributed by atoms with Crippen molar-refractivity contribution in [3.05, 3.63) is 59.2 Å². The van der Waals surface area contributed by atoms with Crippen molar-refractivity contribution >= 4 is 17.8 Å². The molecule has 4 unspecified atom stereocenters. The summed E-state index contributed by atoms with van der Waals surface area (Å²) in [7, 11) is 3.24. The molecule has 0 radical (unpaired) electrons. The second-order valence-electron chi connectivity index (χ2n) is 14.5. The lowest BCUT2D eigenvalue weighted by molar-refractivity contribution is -0.497.